The number of amides is 1. The predicted molar refractivity (Wildman–Crippen MR) is 75.8 cm³/mol. The molecule has 0 spiro atoms. The van der Waals surface area contributed by atoms with E-state index in [2.05, 4.69) is 5.32 Å². The highest BCUT2D eigenvalue weighted by atomic mass is 16.5. The number of methoxy groups -OCH3 is 1. The lowest BCUT2D eigenvalue weighted by molar-refractivity contribution is -0.129. The van der Waals surface area contributed by atoms with Crippen molar-refractivity contribution in [3.8, 4) is 11.5 Å². The van der Waals surface area contributed by atoms with Crippen LogP contribution in [-0.2, 0) is 4.79 Å². The summed E-state index contributed by atoms with van der Waals surface area (Å²) in [5, 5.41) is 11.6. The molecular formula is C15H19NO4. The van der Waals surface area contributed by atoms with Gasteiger partial charge in [0.15, 0.2) is 17.6 Å². The number of rotatable bonds is 5. The lowest BCUT2D eigenvalue weighted by atomic mass is 10.1. The van der Waals surface area contributed by atoms with Crippen LogP contribution < -0.4 is 14.8 Å². The molecule has 1 aromatic carbocycles. The summed E-state index contributed by atoms with van der Waals surface area (Å²) in [5.74, 6) is 1.04. The minimum Gasteiger partial charge on any atom is -0.493 e. The molecule has 2 rings (SSSR count). The monoisotopic (exact) mass is 277 g/mol. The summed E-state index contributed by atoms with van der Waals surface area (Å²) < 4.78 is 11.0. The minimum absolute atomic E-state index is 0.0111. The van der Waals surface area contributed by atoms with E-state index in [1.807, 2.05) is 12.1 Å². The van der Waals surface area contributed by atoms with E-state index in [0.717, 1.165) is 12.0 Å². The molecule has 0 radical (unpaired) electrons. The fraction of sp³-hybridized carbons (Fsp3) is 0.400. The van der Waals surface area contributed by atoms with Crippen molar-refractivity contribution in [2.45, 2.75) is 18.9 Å². The third-order valence-corrected chi connectivity index (χ3v) is 3.11. The molecule has 1 atom stereocenters. The molecule has 0 saturated carbocycles. The van der Waals surface area contributed by atoms with E-state index in [-0.39, 0.29) is 12.5 Å². The molecule has 0 aromatic heterocycles. The van der Waals surface area contributed by atoms with Gasteiger partial charge >= 0.3 is 0 Å². The number of piperidine rings is 1. The van der Waals surface area contributed by atoms with E-state index in [1.54, 1.807) is 25.3 Å². The van der Waals surface area contributed by atoms with Gasteiger partial charge in [0.2, 0.25) is 0 Å². The Morgan fingerprint density at radius 3 is 3.00 bits per heavy atom. The van der Waals surface area contributed by atoms with Crippen molar-refractivity contribution in [2.24, 2.45) is 0 Å². The molecule has 2 N–H and O–H groups in total. The van der Waals surface area contributed by atoms with E-state index < -0.39 is 6.10 Å². The second-order valence-corrected chi connectivity index (χ2v) is 4.53. The number of hydrogen-bond acceptors (Lipinski definition) is 4. The van der Waals surface area contributed by atoms with Crippen LogP contribution in [0.15, 0.2) is 24.3 Å². The fourth-order valence-electron chi connectivity index (χ4n) is 2.08. The van der Waals surface area contributed by atoms with Crippen molar-refractivity contribution in [3.05, 3.63) is 29.8 Å². The number of ether oxygens (including phenoxy) is 2. The summed E-state index contributed by atoms with van der Waals surface area (Å²) in [6.45, 7) is 0.698. The molecule has 1 aromatic rings. The Bertz CT molecular complexity index is 499. The van der Waals surface area contributed by atoms with Gasteiger partial charge in [-0.05, 0) is 30.5 Å². The SMILES string of the molecule is COc1cc(C=CCO)ccc1OC1CCCNC1=O. The van der Waals surface area contributed by atoms with Gasteiger partial charge in [0.05, 0.1) is 13.7 Å². The Kier molecular flexibility index (Phi) is 5.01. The van der Waals surface area contributed by atoms with Crippen LogP contribution in [0, 0.1) is 0 Å². The Balaban J connectivity index is 2.14. The minimum atomic E-state index is -0.462. The number of aliphatic hydroxyl groups excluding tert-OH is 1. The Morgan fingerprint density at radius 1 is 1.45 bits per heavy atom. The van der Waals surface area contributed by atoms with Crippen molar-refractivity contribution in [1.82, 2.24) is 5.32 Å². The first kappa shape index (κ1) is 14.4. The molecule has 1 aliphatic rings. The molecule has 1 fully saturated rings. The summed E-state index contributed by atoms with van der Waals surface area (Å²) in [5.41, 5.74) is 0.899. The second kappa shape index (κ2) is 6.96. The van der Waals surface area contributed by atoms with Gasteiger partial charge in [-0.25, -0.2) is 0 Å². The Hall–Kier alpha value is -2.01. The van der Waals surface area contributed by atoms with E-state index >= 15 is 0 Å². The molecule has 1 amide bonds. The number of carbonyl (C=O) groups excluding carboxylic acids is 1. The van der Waals surface area contributed by atoms with Crippen LogP contribution in [0.4, 0.5) is 0 Å². The molecule has 0 bridgehead atoms. The van der Waals surface area contributed by atoms with Gasteiger partial charge in [-0.2, -0.15) is 0 Å². The molecular weight excluding hydrogens is 258 g/mol. The Morgan fingerprint density at radius 2 is 2.30 bits per heavy atom. The normalized spacial score (nSPS) is 18.9. The van der Waals surface area contributed by atoms with Crippen molar-refractivity contribution in [1.29, 1.82) is 0 Å². The highest BCUT2D eigenvalue weighted by Crippen LogP contribution is 2.30. The van der Waals surface area contributed by atoms with Crippen LogP contribution in [0.2, 0.25) is 0 Å². The average molecular weight is 277 g/mol. The van der Waals surface area contributed by atoms with Crippen LogP contribution in [0.3, 0.4) is 0 Å². The van der Waals surface area contributed by atoms with Gasteiger partial charge in [-0.15, -0.1) is 0 Å². The number of carbonyl (C=O) groups is 1. The van der Waals surface area contributed by atoms with Crippen LogP contribution in [0.5, 0.6) is 11.5 Å². The van der Waals surface area contributed by atoms with Crippen molar-refractivity contribution in [2.75, 3.05) is 20.3 Å². The topological polar surface area (TPSA) is 67.8 Å². The van der Waals surface area contributed by atoms with E-state index in [4.69, 9.17) is 14.6 Å². The average Bonchev–Trinajstić information content (AvgIpc) is 2.48. The smallest absolute Gasteiger partial charge is 0.261 e. The summed E-state index contributed by atoms with van der Waals surface area (Å²) in [4.78, 5) is 11.7. The van der Waals surface area contributed by atoms with Gasteiger partial charge in [-0.1, -0.05) is 18.2 Å². The van der Waals surface area contributed by atoms with Gasteiger partial charge in [0.1, 0.15) is 0 Å². The van der Waals surface area contributed by atoms with Gasteiger partial charge in [0, 0.05) is 6.54 Å². The molecule has 1 aliphatic heterocycles. The molecule has 20 heavy (non-hydrogen) atoms. The summed E-state index contributed by atoms with van der Waals surface area (Å²) in [7, 11) is 1.56. The first-order valence-electron chi connectivity index (χ1n) is 6.64. The van der Waals surface area contributed by atoms with Crippen LogP contribution >= 0.6 is 0 Å². The molecule has 5 nitrogen and oxygen atoms in total. The number of nitrogens with one attached hydrogen (secondary N) is 1. The maximum absolute atomic E-state index is 11.7. The zero-order chi connectivity index (χ0) is 14.4. The zero-order valence-electron chi connectivity index (χ0n) is 11.5. The predicted octanol–water partition coefficient (Wildman–Crippen LogP) is 1.36. The summed E-state index contributed by atoms with van der Waals surface area (Å²) in [6.07, 6.45) is 4.59. The summed E-state index contributed by atoms with van der Waals surface area (Å²) >= 11 is 0. The standard InChI is InChI=1S/C15H19NO4/c1-19-14-10-11(4-3-9-17)6-7-12(14)20-13-5-2-8-16-15(13)18/h3-4,6-7,10,13,17H,2,5,8-9H2,1H3,(H,16,18). The molecule has 5 heteroatoms. The van der Waals surface area contributed by atoms with Crippen molar-refractivity contribution >= 4 is 12.0 Å². The highest BCUT2D eigenvalue weighted by Gasteiger charge is 2.24. The largest absolute Gasteiger partial charge is 0.493 e. The van der Waals surface area contributed by atoms with E-state index in [9.17, 15) is 4.79 Å². The molecule has 1 heterocycles. The van der Waals surface area contributed by atoms with E-state index in [0.29, 0.717) is 24.5 Å². The maximum Gasteiger partial charge on any atom is 0.261 e. The van der Waals surface area contributed by atoms with Crippen LogP contribution in [-0.4, -0.2) is 37.4 Å². The van der Waals surface area contributed by atoms with E-state index in [1.165, 1.54) is 0 Å². The molecule has 0 aliphatic carbocycles. The maximum atomic E-state index is 11.7. The summed E-state index contributed by atoms with van der Waals surface area (Å²) in [6, 6.07) is 5.44. The fourth-order valence-corrected chi connectivity index (χ4v) is 2.08. The first-order valence-corrected chi connectivity index (χ1v) is 6.64. The second-order valence-electron chi connectivity index (χ2n) is 4.53. The van der Waals surface area contributed by atoms with Crippen molar-refractivity contribution < 1.29 is 19.4 Å². The lowest BCUT2D eigenvalue weighted by Crippen LogP contribution is -2.43. The quantitative estimate of drug-likeness (QED) is 0.852. The van der Waals surface area contributed by atoms with Crippen LogP contribution in [0.25, 0.3) is 6.08 Å². The first-order chi connectivity index (χ1) is 9.74. The van der Waals surface area contributed by atoms with Crippen LogP contribution in [0.1, 0.15) is 18.4 Å². The third-order valence-electron chi connectivity index (χ3n) is 3.11. The van der Waals surface area contributed by atoms with Gasteiger partial charge in [0.25, 0.3) is 5.91 Å². The van der Waals surface area contributed by atoms with Crippen molar-refractivity contribution in [3.63, 3.8) is 0 Å². The molecule has 108 valence electrons. The molecule has 1 unspecified atom stereocenters. The zero-order valence-corrected chi connectivity index (χ0v) is 11.5. The highest BCUT2D eigenvalue weighted by molar-refractivity contribution is 5.81. The number of benzene rings is 1. The van der Waals surface area contributed by atoms with Gasteiger partial charge in [-0.3, -0.25) is 4.79 Å². The van der Waals surface area contributed by atoms with Gasteiger partial charge < -0.3 is 19.9 Å². The Labute approximate surface area is 118 Å². The molecule has 1 saturated heterocycles. The third kappa shape index (κ3) is 3.51. The lowest BCUT2D eigenvalue weighted by Gasteiger charge is -2.23. The number of hydrogen-bond donors (Lipinski definition) is 2. The number of aliphatic hydroxyl groups is 1.